The number of nitrogens with two attached hydrogens (primary N) is 1. The Kier molecular flexibility index (Phi) is 6.29. The maximum atomic E-state index is 12.8. The molecule has 0 spiro atoms. The van der Waals surface area contributed by atoms with Gasteiger partial charge < -0.3 is 10.6 Å². The fourth-order valence-electron chi connectivity index (χ4n) is 3.51. The SMILES string of the molecule is CN(Cc1csc(-c2ccc(C(F)(F)F)cc2)n1)c1c(N)n(Cc2ccccc2)c(=O)[nH]c1=O. The van der Waals surface area contributed by atoms with Crippen molar-refractivity contribution in [1.29, 1.82) is 0 Å². The van der Waals surface area contributed by atoms with Crippen LogP contribution in [0.2, 0.25) is 0 Å². The lowest BCUT2D eigenvalue weighted by atomic mass is 10.1. The standard InChI is InChI=1S/C23H20F3N5O2S/c1-30(12-17-13-34-21(28-17)15-7-9-16(10-8-15)23(24,25)26)18-19(27)31(22(33)29-20(18)32)11-14-5-3-2-4-6-14/h2-10,13H,11-12,27H2,1H3,(H,29,32,33). The van der Waals surface area contributed by atoms with E-state index in [-0.39, 0.29) is 24.6 Å². The van der Waals surface area contributed by atoms with Gasteiger partial charge in [-0.15, -0.1) is 11.3 Å². The van der Waals surface area contributed by atoms with Crippen molar-refractivity contribution in [3.63, 3.8) is 0 Å². The van der Waals surface area contributed by atoms with Crippen LogP contribution in [0, 0.1) is 0 Å². The topological polar surface area (TPSA) is 97.0 Å². The number of nitrogens with one attached hydrogen (secondary N) is 1. The molecule has 11 heteroatoms. The maximum Gasteiger partial charge on any atom is 0.416 e. The van der Waals surface area contributed by atoms with E-state index in [1.165, 1.54) is 28.0 Å². The van der Waals surface area contributed by atoms with Crippen LogP contribution in [-0.4, -0.2) is 21.6 Å². The number of nitrogens with zero attached hydrogens (tertiary/aromatic N) is 3. The largest absolute Gasteiger partial charge is 0.416 e. The van der Waals surface area contributed by atoms with Gasteiger partial charge in [0.25, 0.3) is 5.56 Å². The number of anilines is 2. The lowest BCUT2D eigenvalue weighted by Crippen LogP contribution is -2.37. The molecule has 4 aromatic rings. The molecule has 0 atom stereocenters. The first-order chi connectivity index (χ1) is 16.1. The van der Waals surface area contributed by atoms with Crippen LogP contribution in [0.3, 0.4) is 0 Å². The number of benzene rings is 2. The summed E-state index contributed by atoms with van der Waals surface area (Å²) in [5, 5.41) is 2.31. The van der Waals surface area contributed by atoms with Crippen LogP contribution in [0.1, 0.15) is 16.8 Å². The average molecular weight is 488 g/mol. The van der Waals surface area contributed by atoms with E-state index in [1.807, 2.05) is 30.3 Å². The Bertz CT molecular complexity index is 1410. The monoisotopic (exact) mass is 487 g/mol. The minimum Gasteiger partial charge on any atom is -0.383 e. The number of rotatable bonds is 6. The lowest BCUT2D eigenvalue weighted by molar-refractivity contribution is -0.137. The summed E-state index contributed by atoms with van der Waals surface area (Å²) in [6.45, 7) is 0.395. The molecule has 0 radical (unpaired) electrons. The predicted octanol–water partition coefficient (Wildman–Crippen LogP) is 3.95. The fourth-order valence-corrected chi connectivity index (χ4v) is 4.32. The van der Waals surface area contributed by atoms with Gasteiger partial charge in [0.1, 0.15) is 16.5 Å². The molecule has 0 amide bonds. The molecule has 3 N–H and O–H groups in total. The Morgan fingerprint density at radius 3 is 2.41 bits per heavy atom. The molecule has 0 saturated heterocycles. The number of hydrogen-bond acceptors (Lipinski definition) is 6. The third kappa shape index (κ3) is 4.88. The molecule has 0 unspecified atom stereocenters. The number of aromatic amines is 1. The van der Waals surface area contributed by atoms with Gasteiger partial charge in [0.2, 0.25) is 0 Å². The van der Waals surface area contributed by atoms with E-state index in [0.29, 0.717) is 16.3 Å². The fraction of sp³-hybridized carbons (Fsp3) is 0.174. The Morgan fingerprint density at radius 2 is 1.76 bits per heavy atom. The molecule has 7 nitrogen and oxygen atoms in total. The molecule has 0 aliphatic rings. The zero-order chi connectivity index (χ0) is 24.5. The van der Waals surface area contributed by atoms with Crippen LogP contribution in [-0.2, 0) is 19.3 Å². The number of aromatic nitrogens is 3. The first-order valence-electron chi connectivity index (χ1n) is 10.1. The second kappa shape index (κ2) is 9.18. The van der Waals surface area contributed by atoms with E-state index in [4.69, 9.17) is 5.73 Å². The van der Waals surface area contributed by atoms with E-state index in [1.54, 1.807) is 17.3 Å². The van der Waals surface area contributed by atoms with Crippen molar-refractivity contribution in [1.82, 2.24) is 14.5 Å². The molecular weight excluding hydrogens is 467 g/mol. The van der Waals surface area contributed by atoms with Crippen molar-refractivity contribution in [3.05, 3.63) is 97.6 Å². The van der Waals surface area contributed by atoms with Crippen LogP contribution in [0.25, 0.3) is 10.6 Å². The summed E-state index contributed by atoms with van der Waals surface area (Å²) in [7, 11) is 1.65. The second-order valence-electron chi connectivity index (χ2n) is 7.64. The van der Waals surface area contributed by atoms with Gasteiger partial charge in [0.05, 0.1) is 24.3 Å². The summed E-state index contributed by atoms with van der Waals surface area (Å²) in [5.74, 6) is 0.0262. The highest BCUT2D eigenvalue weighted by Crippen LogP contribution is 2.32. The molecule has 176 valence electrons. The second-order valence-corrected chi connectivity index (χ2v) is 8.50. The Labute approximate surface area is 195 Å². The highest BCUT2D eigenvalue weighted by molar-refractivity contribution is 7.13. The van der Waals surface area contributed by atoms with Crippen LogP contribution >= 0.6 is 11.3 Å². The van der Waals surface area contributed by atoms with Gasteiger partial charge in [0, 0.05) is 18.0 Å². The number of alkyl halides is 3. The summed E-state index contributed by atoms with van der Waals surface area (Å²) < 4.78 is 39.7. The highest BCUT2D eigenvalue weighted by atomic mass is 32.1. The summed E-state index contributed by atoms with van der Waals surface area (Å²) in [5.41, 5.74) is 6.39. The van der Waals surface area contributed by atoms with Crippen molar-refractivity contribution in [3.8, 4) is 10.6 Å². The lowest BCUT2D eigenvalue weighted by Gasteiger charge is -2.21. The van der Waals surface area contributed by atoms with Crippen LogP contribution < -0.4 is 21.9 Å². The smallest absolute Gasteiger partial charge is 0.383 e. The summed E-state index contributed by atoms with van der Waals surface area (Å²) in [6, 6.07) is 14.0. The normalized spacial score (nSPS) is 11.5. The zero-order valence-electron chi connectivity index (χ0n) is 18.0. The maximum absolute atomic E-state index is 12.8. The zero-order valence-corrected chi connectivity index (χ0v) is 18.8. The van der Waals surface area contributed by atoms with Crippen molar-refractivity contribution in [2.24, 2.45) is 0 Å². The molecule has 0 saturated carbocycles. The average Bonchev–Trinajstić information content (AvgIpc) is 3.25. The van der Waals surface area contributed by atoms with Gasteiger partial charge in [-0.3, -0.25) is 14.3 Å². The van der Waals surface area contributed by atoms with Crippen molar-refractivity contribution in [2.75, 3.05) is 17.7 Å². The van der Waals surface area contributed by atoms with Crippen LogP contribution in [0.15, 0.2) is 69.6 Å². The van der Waals surface area contributed by atoms with Gasteiger partial charge in [-0.2, -0.15) is 13.2 Å². The molecule has 0 aliphatic carbocycles. The number of hydrogen-bond donors (Lipinski definition) is 2. The first-order valence-corrected chi connectivity index (χ1v) is 11.0. The molecule has 2 aromatic heterocycles. The minimum atomic E-state index is -4.40. The summed E-state index contributed by atoms with van der Waals surface area (Å²) >= 11 is 1.28. The van der Waals surface area contributed by atoms with E-state index in [0.717, 1.165) is 17.7 Å². The van der Waals surface area contributed by atoms with Crippen LogP contribution in [0.5, 0.6) is 0 Å². The highest BCUT2D eigenvalue weighted by Gasteiger charge is 2.30. The third-order valence-electron chi connectivity index (χ3n) is 5.19. The van der Waals surface area contributed by atoms with Crippen molar-refractivity contribution in [2.45, 2.75) is 19.3 Å². The summed E-state index contributed by atoms with van der Waals surface area (Å²) in [6.07, 6.45) is -4.40. The Balaban J connectivity index is 1.57. The number of thiazole rings is 1. The van der Waals surface area contributed by atoms with E-state index < -0.39 is 23.0 Å². The molecule has 2 heterocycles. The number of halogens is 3. The Hall–Kier alpha value is -3.86. The molecule has 4 rings (SSSR count). The van der Waals surface area contributed by atoms with Crippen molar-refractivity contribution >= 4 is 22.8 Å². The number of nitrogen functional groups attached to an aromatic ring is 1. The molecule has 34 heavy (non-hydrogen) atoms. The predicted molar refractivity (Wildman–Crippen MR) is 126 cm³/mol. The van der Waals surface area contributed by atoms with E-state index in [9.17, 15) is 22.8 Å². The first kappa shape index (κ1) is 23.3. The number of H-pyrrole nitrogens is 1. The summed E-state index contributed by atoms with van der Waals surface area (Å²) in [4.78, 5) is 33.3. The van der Waals surface area contributed by atoms with Gasteiger partial charge in [-0.05, 0) is 17.7 Å². The van der Waals surface area contributed by atoms with Crippen LogP contribution in [0.4, 0.5) is 24.7 Å². The minimum absolute atomic E-state index is 0.0262. The van der Waals surface area contributed by atoms with Gasteiger partial charge in [-0.25, -0.2) is 9.78 Å². The Morgan fingerprint density at radius 1 is 1.09 bits per heavy atom. The molecule has 0 bridgehead atoms. The third-order valence-corrected chi connectivity index (χ3v) is 6.13. The van der Waals surface area contributed by atoms with Gasteiger partial charge in [0.15, 0.2) is 0 Å². The van der Waals surface area contributed by atoms with E-state index in [2.05, 4.69) is 9.97 Å². The molecule has 2 aromatic carbocycles. The van der Waals surface area contributed by atoms with E-state index >= 15 is 0 Å². The molecule has 0 aliphatic heterocycles. The van der Waals surface area contributed by atoms with Gasteiger partial charge >= 0.3 is 11.9 Å². The quantitative estimate of drug-likeness (QED) is 0.429. The van der Waals surface area contributed by atoms with Crippen molar-refractivity contribution < 1.29 is 13.2 Å². The molecular formula is C23H20F3N5O2S. The molecule has 0 fully saturated rings. The van der Waals surface area contributed by atoms with Gasteiger partial charge in [-0.1, -0.05) is 42.5 Å².